The summed E-state index contributed by atoms with van der Waals surface area (Å²) in [6, 6.07) is 9.68. The van der Waals surface area contributed by atoms with Gasteiger partial charge in [0.15, 0.2) is 0 Å². The minimum Gasteiger partial charge on any atom is -0.497 e. The lowest BCUT2D eigenvalue weighted by Gasteiger charge is -2.25. The number of methoxy groups -OCH3 is 1. The van der Waals surface area contributed by atoms with Crippen LogP contribution in [0, 0.1) is 22.2 Å². The molecule has 2 amide bonds. The van der Waals surface area contributed by atoms with E-state index in [1.165, 1.54) is 0 Å². The summed E-state index contributed by atoms with van der Waals surface area (Å²) in [5, 5.41) is 9.25. The van der Waals surface area contributed by atoms with E-state index in [1.54, 1.807) is 16.9 Å². The Morgan fingerprint density at radius 1 is 1.28 bits per heavy atom. The average molecular weight is 339 g/mol. The molecule has 6 heteroatoms. The highest BCUT2D eigenvalue weighted by atomic mass is 16.5. The molecule has 2 heterocycles. The molecule has 130 valence electrons. The van der Waals surface area contributed by atoms with Gasteiger partial charge in [-0.2, -0.15) is 5.26 Å². The van der Waals surface area contributed by atoms with Crippen LogP contribution in [0.25, 0.3) is 0 Å². The number of amides is 2. The summed E-state index contributed by atoms with van der Waals surface area (Å²) in [4.78, 5) is 28.8. The minimum absolute atomic E-state index is 0.0424. The van der Waals surface area contributed by atoms with Gasteiger partial charge < -0.3 is 14.5 Å². The molecule has 0 N–H and O–H groups in total. The van der Waals surface area contributed by atoms with Gasteiger partial charge in [-0.25, -0.2) is 0 Å². The largest absolute Gasteiger partial charge is 0.497 e. The predicted molar refractivity (Wildman–Crippen MR) is 90.9 cm³/mol. The Hall–Kier alpha value is -2.55. The standard InChI is InChI=1S/C19H21N3O3/c1-25-15-4-2-3-14(9-15)22-13-18(10-16(22)23)7-8-21(12-18)17(24)19(11-20)5-6-19/h2-4,9H,5-8,10,12-13H2,1H3/t18-/m1/s1. The van der Waals surface area contributed by atoms with Crippen molar-refractivity contribution in [1.82, 2.24) is 4.90 Å². The highest BCUT2D eigenvalue weighted by Crippen LogP contribution is 2.49. The van der Waals surface area contributed by atoms with E-state index in [0.717, 1.165) is 17.9 Å². The lowest BCUT2D eigenvalue weighted by Crippen LogP contribution is -2.37. The molecule has 1 spiro atoms. The van der Waals surface area contributed by atoms with E-state index in [4.69, 9.17) is 4.74 Å². The monoisotopic (exact) mass is 339 g/mol. The van der Waals surface area contributed by atoms with Gasteiger partial charge >= 0.3 is 0 Å². The Morgan fingerprint density at radius 2 is 2.08 bits per heavy atom. The smallest absolute Gasteiger partial charge is 0.243 e. The molecule has 3 fully saturated rings. The quantitative estimate of drug-likeness (QED) is 0.844. The zero-order chi connectivity index (χ0) is 17.7. The second kappa shape index (κ2) is 5.48. The molecule has 4 rings (SSSR count). The Bertz CT molecular complexity index is 780. The second-order valence-corrected chi connectivity index (χ2v) is 7.53. The number of benzene rings is 1. The fourth-order valence-corrected chi connectivity index (χ4v) is 4.09. The predicted octanol–water partition coefficient (Wildman–Crippen LogP) is 1.95. The van der Waals surface area contributed by atoms with E-state index in [0.29, 0.717) is 38.9 Å². The van der Waals surface area contributed by atoms with Gasteiger partial charge in [0, 0.05) is 43.2 Å². The molecule has 0 unspecified atom stereocenters. The minimum atomic E-state index is -0.777. The Labute approximate surface area is 147 Å². The average Bonchev–Trinajstić information content (AvgIpc) is 3.24. The van der Waals surface area contributed by atoms with Crippen molar-refractivity contribution in [2.24, 2.45) is 10.8 Å². The van der Waals surface area contributed by atoms with Gasteiger partial charge in [-0.3, -0.25) is 9.59 Å². The highest BCUT2D eigenvalue weighted by Gasteiger charge is 2.56. The molecule has 1 aliphatic carbocycles. The van der Waals surface area contributed by atoms with Crippen LogP contribution in [0.15, 0.2) is 24.3 Å². The van der Waals surface area contributed by atoms with E-state index < -0.39 is 5.41 Å². The molecule has 1 saturated carbocycles. The van der Waals surface area contributed by atoms with E-state index in [-0.39, 0.29) is 17.2 Å². The van der Waals surface area contributed by atoms with Gasteiger partial charge in [0.05, 0.1) is 13.2 Å². The van der Waals surface area contributed by atoms with Crippen LogP contribution < -0.4 is 9.64 Å². The summed E-state index contributed by atoms with van der Waals surface area (Å²) in [7, 11) is 1.61. The molecule has 2 aliphatic heterocycles. The summed E-state index contributed by atoms with van der Waals surface area (Å²) in [6.07, 6.45) is 2.60. The number of ether oxygens (including phenoxy) is 1. The maximum absolute atomic E-state index is 12.6. The van der Waals surface area contributed by atoms with Gasteiger partial charge in [-0.05, 0) is 31.4 Å². The molecule has 0 radical (unpaired) electrons. The topological polar surface area (TPSA) is 73.6 Å². The Morgan fingerprint density at radius 3 is 2.76 bits per heavy atom. The fourth-order valence-electron chi connectivity index (χ4n) is 4.09. The van der Waals surface area contributed by atoms with Crippen molar-refractivity contribution in [3.63, 3.8) is 0 Å². The van der Waals surface area contributed by atoms with E-state index in [9.17, 15) is 14.9 Å². The van der Waals surface area contributed by atoms with Crippen LogP contribution in [0.3, 0.4) is 0 Å². The van der Waals surface area contributed by atoms with Crippen molar-refractivity contribution >= 4 is 17.5 Å². The molecule has 1 atom stereocenters. The van der Waals surface area contributed by atoms with Gasteiger partial charge in [-0.15, -0.1) is 0 Å². The third-order valence-corrected chi connectivity index (χ3v) is 5.78. The third kappa shape index (κ3) is 2.55. The summed E-state index contributed by atoms with van der Waals surface area (Å²) in [5.74, 6) is 0.766. The van der Waals surface area contributed by atoms with Crippen LogP contribution >= 0.6 is 0 Å². The highest BCUT2D eigenvalue weighted by molar-refractivity contribution is 5.97. The molecule has 1 aromatic carbocycles. The van der Waals surface area contributed by atoms with Crippen molar-refractivity contribution in [2.75, 3.05) is 31.6 Å². The van der Waals surface area contributed by atoms with Crippen LogP contribution in [0.5, 0.6) is 5.75 Å². The molecular weight excluding hydrogens is 318 g/mol. The lowest BCUT2D eigenvalue weighted by atomic mass is 9.86. The number of hydrogen-bond acceptors (Lipinski definition) is 4. The summed E-state index contributed by atoms with van der Waals surface area (Å²) < 4.78 is 5.25. The first-order valence-corrected chi connectivity index (χ1v) is 8.66. The maximum Gasteiger partial charge on any atom is 0.243 e. The number of nitriles is 1. The van der Waals surface area contributed by atoms with Crippen LogP contribution in [-0.2, 0) is 9.59 Å². The molecule has 0 bridgehead atoms. The van der Waals surface area contributed by atoms with Gasteiger partial charge in [-0.1, -0.05) is 6.07 Å². The second-order valence-electron chi connectivity index (χ2n) is 7.53. The molecule has 1 aromatic rings. The Kier molecular flexibility index (Phi) is 3.50. The number of likely N-dealkylation sites (tertiary alicyclic amines) is 1. The number of carbonyl (C=O) groups is 2. The summed E-state index contributed by atoms with van der Waals surface area (Å²) >= 11 is 0. The maximum atomic E-state index is 12.6. The number of rotatable bonds is 3. The first-order chi connectivity index (χ1) is 12.0. The first-order valence-electron chi connectivity index (χ1n) is 8.66. The molecule has 25 heavy (non-hydrogen) atoms. The number of nitrogens with zero attached hydrogens (tertiary/aromatic N) is 3. The first kappa shape index (κ1) is 15.9. The van der Waals surface area contributed by atoms with Crippen LogP contribution in [0.4, 0.5) is 5.69 Å². The number of carbonyl (C=O) groups excluding carboxylic acids is 2. The SMILES string of the molecule is COc1cccc(N2C[C@]3(CCN(C(=O)C4(C#N)CC4)C3)CC2=O)c1. The van der Waals surface area contributed by atoms with Crippen molar-refractivity contribution in [3.8, 4) is 11.8 Å². The lowest BCUT2D eigenvalue weighted by molar-refractivity contribution is -0.134. The summed E-state index contributed by atoms with van der Waals surface area (Å²) in [6.45, 7) is 1.82. The molecule has 0 aromatic heterocycles. The van der Waals surface area contributed by atoms with Gasteiger partial charge in [0.2, 0.25) is 11.8 Å². The van der Waals surface area contributed by atoms with Crippen molar-refractivity contribution in [2.45, 2.75) is 25.7 Å². The zero-order valence-corrected chi connectivity index (χ0v) is 14.3. The van der Waals surface area contributed by atoms with Crippen LogP contribution in [-0.4, -0.2) is 43.5 Å². The normalized spacial score (nSPS) is 26.8. The van der Waals surface area contributed by atoms with Gasteiger partial charge in [0.1, 0.15) is 11.2 Å². The third-order valence-electron chi connectivity index (χ3n) is 5.78. The van der Waals surface area contributed by atoms with E-state index in [1.807, 2.05) is 24.3 Å². The van der Waals surface area contributed by atoms with Crippen LogP contribution in [0.2, 0.25) is 0 Å². The zero-order valence-electron chi connectivity index (χ0n) is 14.3. The Balaban J connectivity index is 1.50. The fraction of sp³-hybridized carbons (Fsp3) is 0.526. The molecule has 2 saturated heterocycles. The van der Waals surface area contributed by atoms with Crippen molar-refractivity contribution < 1.29 is 14.3 Å². The van der Waals surface area contributed by atoms with E-state index in [2.05, 4.69) is 6.07 Å². The molecule has 3 aliphatic rings. The van der Waals surface area contributed by atoms with Gasteiger partial charge in [0.25, 0.3) is 0 Å². The molecule has 6 nitrogen and oxygen atoms in total. The number of hydrogen-bond donors (Lipinski definition) is 0. The van der Waals surface area contributed by atoms with Crippen molar-refractivity contribution in [3.05, 3.63) is 24.3 Å². The number of anilines is 1. The molecular formula is C19H21N3O3. The van der Waals surface area contributed by atoms with Crippen LogP contribution in [0.1, 0.15) is 25.7 Å². The van der Waals surface area contributed by atoms with E-state index >= 15 is 0 Å². The van der Waals surface area contributed by atoms with Crippen molar-refractivity contribution in [1.29, 1.82) is 5.26 Å². The summed E-state index contributed by atoms with van der Waals surface area (Å²) in [5.41, 5.74) is -0.135.